The van der Waals surface area contributed by atoms with Gasteiger partial charge in [0.2, 0.25) is 0 Å². The Labute approximate surface area is 104 Å². The smallest absolute Gasteiger partial charge is 0.0461 e. The Morgan fingerprint density at radius 2 is 1.94 bits per heavy atom. The first kappa shape index (κ1) is 12.2. The molecule has 0 radical (unpaired) electrons. The fraction of sp³-hybridized carbons (Fsp3) is 0.467. The molecule has 0 bridgehead atoms. The summed E-state index contributed by atoms with van der Waals surface area (Å²) in [5.41, 5.74) is 5.41. The molecular weight excluding hydrogens is 208 g/mol. The van der Waals surface area contributed by atoms with Crippen LogP contribution in [0.5, 0.6) is 0 Å². The monoisotopic (exact) mass is 230 g/mol. The number of nitrogens with one attached hydrogen (secondary N) is 1. The number of H-pyrrole nitrogens is 1. The van der Waals surface area contributed by atoms with Gasteiger partial charge in [-0.05, 0) is 64.5 Å². The number of hydrogen-bond donors (Lipinski definition) is 1. The van der Waals surface area contributed by atoms with E-state index in [1.165, 1.54) is 34.1 Å². The molecule has 1 heterocycles. The van der Waals surface area contributed by atoms with Crippen LogP contribution in [0.4, 0.5) is 0 Å². The molecule has 0 aliphatic heterocycles. The molecule has 2 rings (SSSR count). The van der Waals surface area contributed by atoms with Gasteiger partial charge < -0.3 is 9.88 Å². The minimum atomic E-state index is 1.15. The van der Waals surface area contributed by atoms with Crippen molar-refractivity contribution in [2.75, 3.05) is 20.6 Å². The number of aromatic nitrogens is 1. The first-order chi connectivity index (χ1) is 8.08. The molecule has 2 aromatic rings. The number of hydrogen-bond acceptors (Lipinski definition) is 1. The van der Waals surface area contributed by atoms with Gasteiger partial charge in [0.15, 0.2) is 0 Å². The summed E-state index contributed by atoms with van der Waals surface area (Å²) in [6.45, 7) is 5.47. The molecule has 0 unspecified atom stereocenters. The summed E-state index contributed by atoms with van der Waals surface area (Å²) in [6.07, 6.45) is 2.38. The highest BCUT2D eigenvalue weighted by Crippen LogP contribution is 2.24. The first-order valence-electron chi connectivity index (χ1n) is 6.30. The third kappa shape index (κ3) is 2.70. The maximum absolute atomic E-state index is 3.49. The lowest BCUT2D eigenvalue weighted by Gasteiger charge is -2.09. The predicted octanol–water partition coefficient (Wildman–Crippen LogP) is 3.28. The van der Waals surface area contributed by atoms with Gasteiger partial charge in [0.1, 0.15) is 0 Å². The van der Waals surface area contributed by atoms with E-state index in [1.54, 1.807) is 0 Å². The van der Waals surface area contributed by atoms with Crippen molar-refractivity contribution >= 4 is 10.9 Å². The largest absolute Gasteiger partial charge is 0.358 e. The molecule has 0 atom stereocenters. The topological polar surface area (TPSA) is 19.0 Å². The Morgan fingerprint density at radius 3 is 2.65 bits per heavy atom. The lowest BCUT2D eigenvalue weighted by atomic mass is 10.0. The van der Waals surface area contributed by atoms with E-state index in [0.29, 0.717) is 0 Å². The highest BCUT2D eigenvalue weighted by atomic mass is 15.0. The van der Waals surface area contributed by atoms with E-state index < -0.39 is 0 Å². The summed E-state index contributed by atoms with van der Waals surface area (Å²) in [6, 6.07) is 6.68. The lowest BCUT2D eigenvalue weighted by molar-refractivity contribution is 0.400. The van der Waals surface area contributed by atoms with Crippen molar-refractivity contribution in [3.8, 4) is 0 Å². The van der Waals surface area contributed by atoms with E-state index in [-0.39, 0.29) is 0 Å². The van der Waals surface area contributed by atoms with E-state index in [2.05, 4.69) is 56.0 Å². The van der Waals surface area contributed by atoms with Crippen molar-refractivity contribution in [1.29, 1.82) is 0 Å². The van der Waals surface area contributed by atoms with Crippen molar-refractivity contribution in [3.63, 3.8) is 0 Å². The summed E-state index contributed by atoms with van der Waals surface area (Å²) in [5, 5.41) is 1.40. The van der Waals surface area contributed by atoms with Crippen molar-refractivity contribution in [2.24, 2.45) is 0 Å². The van der Waals surface area contributed by atoms with Crippen LogP contribution in [0.25, 0.3) is 10.9 Å². The number of benzene rings is 1. The van der Waals surface area contributed by atoms with Gasteiger partial charge in [0, 0.05) is 16.6 Å². The van der Waals surface area contributed by atoms with Gasteiger partial charge in [-0.15, -0.1) is 0 Å². The zero-order valence-corrected chi connectivity index (χ0v) is 11.3. The van der Waals surface area contributed by atoms with Gasteiger partial charge in [-0.25, -0.2) is 0 Å². The Balaban J connectivity index is 2.24. The quantitative estimate of drug-likeness (QED) is 0.854. The van der Waals surface area contributed by atoms with Crippen LogP contribution in [-0.2, 0) is 6.42 Å². The number of rotatable bonds is 4. The molecule has 0 aliphatic rings. The van der Waals surface area contributed by atoms with Crippen LogP contribution in [0.1, 0.15) is 23.2 Å². The minimum absolute atomic E-state index is 1.15. The van der Waals surface area contributed by atoms with Crippen LogP contribution in [0.15, 0.2) is 18.2 Å². The van der Waals surface area contributed by atoms with E-state index in [4.69, 9.17) is 0 Å². The summed E-state index contributed by atoms with van der Waals surface area (Å²) >= 11 is 0. The van der Waals surface area contributed by atoms with Crippen LogP contribution in [0, 0.1) is 13.8 Å². The van der Waals surface area contributed by atoms with Gasteiger partial charge >= 0.3 is 0 Å². The molecule has 0 fully saturated rings. The van der Waals surface area contributed by atoms with Crippen LogP contribution < -0.4 is 0 Å². The van der Waals surface area contributed by atoms with Gasteiger partial charge in [0.05, 0.1) is 0 Å². The second-order valence-electron chi connectivity index (χ2n) is 5.18. The van der Waals surface area contributed by atoms with Crippen LogP contribution in [0.3, 0.4) is 0 Å². The van der Waals surface area contributed by atoms with Crippen LogP contribution in [-0.4, -0.2) is 30.5 Å². The van der Waals surface area contributed by atoms with Crippen molar-refractivity contribution in [1.82, 2.24) is 9.88 Å². The summed E-state index contributed by atoms with van der Waals surface area (Å²) in [5.74, 6) is 0. The van der Waals surface area contributed by atoms with Crippen molar-refractivity contribution < 1.29 is 0 Å². The molecule has 0 saturated heterocycles. The highest BCUT2D eigenvalue weighted by Gasteiger charge is 2.08. The minimum Gasteiger partial charge on any atom is -0.358 e. The average molecular weight is 230 g/mol. The van der Waals surface area contributed by atoms with Gasteiger partial charge in [-0.2, -0.15) is 0 Å². The first-order valence-corrected chi connectivity index (χ1v) is 6.30. The maximum atomic E-state index is 3.49. The molecule has 0 amide bonds. The lowest BCUT2D eigenvalue weighted by Crippen LogP contribution is -2.13. The summed E-state index contributed by atoms with van der Waals surface area (Å²) in [4.78, 5) is 5.74. The van der Waals surface area contributed by atoms with E-state index in [1.807, 2.05) is 0 Å². The zero-order chi connectivity index (χ0) is 12.4. The maximum Gasteiger partial charge on any atom is 0.0461 e. The van der Waals surface area contributed by atoms with Crippen LogP contribution in [0.2, 0.25) is 0 Å². The third-order valence-corrected chi connectivity index (χ3v) is 3.31. The van der Waals surface area contributed by atoms with E-state index in [9.17, 15) is 0 Å². The van der Waals surface area contributed by atoms with Gasteiger partial charge in [-0.3, -0.25) is 0 Å². The zero-order valence-electron chi connectivity index (χ0n) is 11.3. The molecule has 0 spiro atoms. The molecule has 0 saturated carbocycles. The third-order valence-electron chi connectivity index (χ3n) is 3.31. The molecule has 92 valence electrons. The molecular formula is C15H22N2. The number of nitrogens with zero attached hydrogens (tertiary/aromatic N) is 1. The Bertz CT molecular complexity index is 509. The Hall–Kier alpha value is -1.28. The average Bonchev–Trinajstić information content (AvgIpc) is 2.54. The van der Waals surface area contributed by atoms with E-state index >= 15 is 0 Å². The molecule has 1 aromatic carbocycles. The van der Waals surface area contributed by atoms with Crippen molar-refractivity contribution in [3.05, 3.63) is 35.0 Å². The second kappa shape index (κ2) is 4.92. The molecule has 2 nitrogen and oxygen atoms in total. The predicted molar refractivity (Wildman–Crippen MR) is 74.6 cm³/mol. The molecule has 1 N–H and O–H groups in total. The van der Waals surface area contributed by atoms with Crippen LogP contribution >= 0.6 is 0 Å². The highest BCUT2D eigenvalue weighted by molar-refractivity contribution is 5.85. The Morgan fingerprint density at radius 1 is 1.18 bits per heavy atom. The molecule has 1 aromatic heterocycles. The fourth-order valence-corrected chi connectivity index (χ4v) is 2.40. The second-order valence-corrected chi connectivity index (χ2v) is 5.18. The Kier molecular flexibility index (Phi) is 3.53. The standard InChI is InChI=1S/C15H22N2/c1-11-7-8-14-13(6-5-9-17(3)4)12(2)16-15(14)10-11/h7-8,10,16H,5-6,9H2,1-4H3. The SMILES string of the molecule is Cc1ccc2c(CCCN(C)C)c(C)[nH]c2c1. The number of aryl methyl sites for hydroxylation is 3. The number of fused-ring (bicyclic) bond motifs is 1. The summed E-state index contributed by atoms with van der Waals surface area (Å²) in [7, 11) is 4.26. The van der Waals surface area contributed by atoms with E-state index in [0.717, 1.165) is 13.0 Å². The number of aromatic amines is 1. The summed E-state index contributed by atoms with van der Waals surface area (Å²) < 4.78 is 0. The molecule has 2 heteroatoms. The normalized spacial score (nSPS) is 11.6. The van der Waals surface area contributed by atoms with Gasteiger partial charge in [0.25, 0.3) is 0 Å². The molecule has 0 aliphatic carbocycles. The molecule has 17 heavy (non-hydrogen) atoms. The fourth-order valence-electron chi connectivity index (χ4n) is 2.40. The van der Waals surface area contributed by atoms with Gasteiger partial charge in [-0.1, -0.05) is 12.1 Å². The van der Waals surface area contributed by atoms with Crippen molar-refractivity contribution in [2.45, 2.75) is 26.7 Å².